The van der Waals surface area contributed by atoms with E-state index in [0.717, 1.165) is 28.5 Å². The van der Waals surface area contributed by atoms with Crippen molar-refractivity contribution in [2.75, 3.05) is 23.5 Å². The molecular weight excluding hydrogens is 492 g/mol. The molecule has 7 rings (SSSR count). The number of aromatic nitrogens is 2. The Morgan fingerprint density at radius 1 is 0.744 bits per heavy atom. The van der Waals surface area contributed by atoms with E-state index in [9.17, 15) is 0 Å². The summed E-state index contributed by atoms with van der Waals surface area (Å²) < 4.78 is 26.0. The lowest BCUT2D eigenvalue weighted by Gasteiger charge is -2.27. The van der Waals surface area contributed by atoms with Crippen molar-refractivity contribution in [2.45, 2.75) is 19.9 Å². The minimum absolute atomic E-state index is 0.287. The van der Waals surface area contributed by atoms with Crippen LogP contribution in [0.25, 0.3) is 27.6 Å². The third-order valence-electron chi connectivity index (χ3n) is 8.19. The number of benzene rings is 4. The van der Waals surface area contributed by atoms with Crippen LogP contribution in [-0.2, 0) is 0 Å². The first-order chi connectivity index (χ1) is 20.1. The number of rotatable bonds is 4. The van der Waals surface area contributed by atoms with Crippen LogP contribution in [0.3, 0.4) is 0 Å². The van der Waals surface area contributed by atoms with E-state index in [0.29, 0.717) is 5.82 Å². The summed E-state index contributed by atoms with van der Waals surface area (Å²) in [5.41, 5.74) is 6.01. The highest BCUT2D eigenvalue weighted by molar-refractivity contribution is 7.00. The number of anilines is 3. The Bertz CT molecular complexity index is 1980. The van der Waals surface area contributed by atoms with Gasteiger partial charge < -0.3 is 9.80 Å². The number of fused-ring (bicyclic) bond motifs is 4. The molecule has 0 radical (unpaired) electrons. The van der Waals surface area contributed by atoms with Gasteiger partial charge in [-0.15, -0.1) is 0 Å². The summed E-state index contributed by atoms with van der Waals surface area (Å²) in [6, 6.07) is 35.9. The van der Waals surface area contributed by atoms with Crippen molar-refractivity contribution in [3.8, 4) is 5.82 Å². The molecule has 0 unspecified atom stereocenters. The number of nitrogens with zero attached hydrogens (tertiary/aromatic N) is 4. The van der Waals surface area contributed by atoms with E-state index in [1.54, 1.807) is 18.3 Å². The molecule has 0 spiro atoms. The Balaban J connectivity index is 1.36. The second-order valence-electron chi connectivity index (χ2n) is 10.9. The molecule has 1 aliphatic heterocycles. The summed E-state index contributed by atoms with van der Waals surface area (Å²) in [6.07, 6.45) is 1.60. The van der Waals surface area contributed by atoms with Gasteiger partial charge >= 0.3 is 0 Å². The van der Waals surface area contributed by atoms with Crippen LogP contribution in [0.15, 0.2) is 109 Å². The largest absolute Gasteiger partial charge is 0.355 e. The second kappa shape index (κ2) is 8.85. The summed E-state index contributed by atoms with van der Waals surface area (Å²) in [5, 5.41) is 4.92. The second-order valence-corrected chi connectivity index (χ2v) is 15.3. The Hall–Kier alpha value is -4.35. The summed E-state index contributed by atoms with van der Waals surface area (Å²) in [5.74, 6) is 0.616. The molecule has 4 aromatic carbocycles. The molecule has 0 N–H and O–H groups in total. The Morgan fingerprint density at radius 3 is 2.38 bits per heavy atom. The van der Waals surface area contributed by atoms with E-state index in [-0.39, 0.29) is 5.56 Å². The molecular formula is C34H32N4Si. The minimum Gasteiger partial charge on any atom is -0.355 e. The number of aryl methyl sites for hydroxylation is 1. The number of hydrogen-bond acceptors (Lipinski definition) is 3. The molecule has 5 heteroatoms. The maximum atomic E-state index is 7.96. The Morgan fingerprint density at radius 2 is 1.51 bits per heavy atom. The molecule has 0 atom stereocenters. The predicted octanol–water partition coefficient (Wildman–Crippen LogP) is 6.86. The first-order valence-electron chi connectivity index (χ1n) is 14.8. The topological polar surface area (TPSA) is 24.3 Å². The van der Waals surface area contributed by atoms with Crippen LogP contribution >= 0.6 is 0 Å². The van der Waals surface area contributed by atoms with Gasteiger partial charge in [-0.05, 0) is 60.9 Å². The maximum Gasteiger partial charge on any atom is 0.137 e. The Kier molecular flexibility index (Phi) is 4.67. The molecule has 0 bridgehead atoms. The molecule has 39 heavy (non-hydrogen) atoms. The van der Waals surface area contributed by atoms with Crippen LogP contribution in [0.4, 0.5) is 17.1 Å². The molecule has 0 amide bonds. The van der Waals surface area contributed by atoms with Gasteiger partial charge in [0.1, 0.15) is 13.9 Å². The molecule has 6 aromatic rings. The van der Waals surface area contributed by atoms with Crippen LogP contribution in [-0.4, -0.2) is 31.3 Å². The van der Waals surface area contributed by atoms with Crippen LogP contribution in [0.2, 0.25) is 13.1 Å². The Labute approximate surface area is 235 Å². The quantitative estimate of drug-likeness (QED) is 0.234. The van der Waals surface area contributed by atoms with E-state index in [2.05, 4.69) is 118 Å². The molecule has 0 aliphatic carbocycles. The molecule has 0 saturated heterocycles. The van der Waals surface area contributed by atoms with Crippen molar-refractivity contribution in [1.82, 2.24) is 9.55 Å². The molecule has 0 saturated carbocycles. The molecule has 1 aliphatic rings. The molecule has 0 fully saturated rings. The van der Waals surface area contributed by atoms with Crippen molar-refractivity contribution in [3.63, 3.8) is 0 Å². The van der Waals surface area contributed by atoms with Gasteiger partial charge in [-0.2, -0.15) is 0 Å². The molecule has 4 nitrogen and oxygen atoms in total. The standard InChI is InChI=1S/C34H32N4Si/c1-24-18-19-35-34(20-24)38-30-13-6-5-12-28(30)29-17-16-27(22-33(29)38)39(3,4)26-11-9-10-25(21-26)37-23-36(2)31-14-7-8-15-32(31)37/h5-22H,23H2,1-4H3/i1D3. The van der Waals surface area contributed by atoms with Crippen molar-refractivity contribution in [3.05, 3.63) is 115 Å². The summed E-state index contributed by atoms with van der Waals surface area (Å²) in [7, 11) is -0.00410. The first-order valence-corrected chi connectivity index (χ1v) is 16.3. The fraction of sp³-hybridized carbons (Fsp3) is 0.147. The van der Waals surface area contributed by atoms with Crippen molar-refractivity contribution in [1.29, 1.82) is 0 Å². The normalized spacial score (nSPS) is 14.9. The van der Waals surface area contributed by atoms with Crippen LogP contribution in [0, 0.1) is 6.85 Å². The van der Waals surface area contributed by atoms with Gasteiger partial charge in [0.2, 0.25) is 0 Å². The zero-order chi connectivity index (χ0) is 29.2. The molecule has 192 valence electrons. The van der Waals surface area contributed by atoms with Gasteiger partial charge in [-0.3, -0.25) is 4.57 Å². The zero-order valence-electron chi connectivity index (χ0n) is 25.4. The van der Waals surface area contributed by atoms with Crippen LogP contribution < -0.4 is 20.2 Å². The lowest BCUT2D eigenvalue weighted by Crippen LogP contribution is -2.53. The molecule has 2 aromatic heterocycles. The van der Waals surface area contributed by atoms with Crippen molar-refractivity contribution in [2.24, 2.45) is 0 Å². The number of para-hydroxylation sites is 3. The van der Waals surface area contributed by atoms with Gasteiger partial charge in [0.15, 0.2) is 0 Å². The third-order valence-corrected chi connectivity index (χ3v) is 11.7. The average molecular weight is 528 g/mol. The van der Waals surface area contributed by atoms with E-state index in [4.69, 9.17) is 4.11 Å². The third kappa shape index (κ3) is 3.76. The van der Waals surface area contributed by atoms with Gasteiger partial charge in [0.25, 0.3) is 0 Å². The zero-order valence-corrected chi connectivity index (χ0v) is 23.4. The van der Waals surface area contributed by atoms with Crippen molar-refractivity contribution >= 4 is 57.3 Å². The van der Waals surface area contributed by atoms with Gasteiger partial charge in [-0.25, -0.2) is 4.98 Å². The highest BCUT2D eigenvalue weighted by Gasteiger charge is 2.29. The number of hydrogen-bond donors (Lipinski definition) is 0. The average Bonchev–Trinajstić information content (AvgIpc) is 3.51. The molecule has 3 heterocycles. The summed E-state index contributed by atoms with van der Waals surface area (Å²) in [6.45, 7) is 3.42. The lowest BCUT2D eigenvalue weighted by atomic mass is 10.1. The first kappa shape index (κ1) is 20.6. The van der Waals surface area contributed by atoms with Crippen LogP contribution in [0.1, 0.15) is 9.68 Å². The maximum absolute atomic E-state index is 7.96. The minimum atomic E-state index is -2.20. The van der Waals surface area contributed by atoms with E-state index >= 15 is 0 Å². The predicted molar refractivity (Wildman–Crippen MR) is 168 cm³/mol. The van der Waals surface area contributed by atoms with E-state index in [1.807, 2.05) is 12.1 Å². The lowest BCUT2D eigenvalue weighted by molar-refractivity contribution is 0.950. The fourth-order valence-electron chi connectivity index (χ4n) is 5.98. The summed E-state index contributed by atoms with van der Waals surface area (Å²) in [4.78, 5) is 9.31. The highest BCUT2D eigenvalue weighted by atomic mass is 28.3. The fourth-order valence-corrected chi connectivity index (χ4v) is 8.33. The van der Waals surface area contributed by atoms with Gasteiger partial charge in [0, 0.05) is 33.8 Å². The highest BCUT2D eigenvalue weighted by Crippen LogP contribution is 2.39. The summed E-state index contributed by atoms with van der Waals surface area (Å²) >= 11 is 0. The van der Waals surface area contributed by atoms with Crippen molar-refractivity contribution < 1.29 is 4.11 Å². The number of pyridine rings is 1. The smallest absolute Gasteiger partial charge is 0.137 e. The SMILES string of the molecule is [2H]C([2H])([2H])c1ccnc(-n2c3ccccc3c3ccc([Si](C)(C)c4cccc(N5CN(C)c6ccccc65)c4)cc32)c1. The van der Waals surface area contributed by atoms with E-state index in [1.165, 1.54) is 27.4 Å². The van der Waals surface area contributed by atoms with Gasteiger partial charge in [0.05, 0.1) is 29.1 Å². The van der Waals surface area contributed by atoms with Gasteiger partial charge in [-0.1, -0.05) is 78.1 Å². The van der Waals surface area contributed by atoms with Crippen LogP contribution in [0.5, 0.6) is 0 Å². The monoisotopic (exact) mass is 527 g/mol. The van der Waals surface area contributed by atoms with E-state index < -0.39 is 14.9 Å².